The second-order valence-corrected chi connectivity index (χ2v) is 5.12. The molecule has 0 amide bonds. The Balaban J connectivity index is 2.64. The van der Waals surface area contributed by atoms with Gasteiger partial charge in [0.25, 0.3) is 0 Å². The average Bonchev–Trinajstić information content (AvgIpc) is 1.97. The predicted molar refractivity (Wildman–Crippen MR) is 50.5 cm³/mol. The summed E-state index contributed by atoms with van der Waals surface area (Å²) in [5, 5.41) is 0. The standard InChI is InChI=1S/C8H17NO3S/c1-7(2)8-5-3-4-6-12-13(10,11)9-8/h7-9H,3-6H2,1-2H3. The van der Waals surface area contributed by atoms with Gasteiger partial charge in [0, 0.05) is 6.04 Å². The second kappa shape index (κ2) is 4.39. The molecule has 0 aliphatic carbocycles. The molecule has 78 valence electrons. The normalized spacial score (nSPS) is 29.6. The van der Waals surface area contributed by atoms with E-state index in [0.717, 1.165) is 19.3 Å². The highest BCUT2D eigenvalue weighted by atomic mass is 32.2. The lowest BCUT2D eigenvalue weighted by atomic mass is 10.00. The molecule has 0 radical (unpaired) electrons. The van der Waals surface area contributed by atoms with Gasteiger partial charge in [0.2, 0.25) is 0 Å². The van der Waals surface area contributed by atoms with Gasteiger partial charge < -0.3 is 0 Å². The van der Waals surface area contributed by atoms with Gasteiger partial charge in [-0.25, -0.2) is 0 Å². The van der Waals surface area contributed by atoms with Crippen LogP contribution in [0.3, 0.4) is 0 Å². The maximum Gasteiger partial charge on any atom is 0.336 e. The first-order valence-corrected chi connectivity index (χ1v) is 6.09. The van der Waals surface area contributed by atoms with Gasteiger partial charge in [-0.15, -0.1) is 0 Å². The second-order valence-electron chi connectivity index (χ2n) is 3.74. The van der Waals surface area contributed by atoms with Crippen molar-refractivity contribution in [1.82, 2.24) is 4.72 Å². The number of nitrogens with one attached hydrogen (secondary N) is 1. The molecule has 13 heavy (non-hydrogen) atoms. The number of hydrogen-bond donors (Lipinski definition) is 1. The van der Waals surface area contributed by atoms with E-state index >= 15 is 0 Å². The Morgan fingerprint density at radius 2 is 2.08 bits per heavy atom. The summed E-state index contributed by atoms with van der Waals surface area (Å²) >= 11 is 0. The van der Waals surface area contributed by atoms with Crippen molar-refractivity contribution in [2.24, 2.45) is 5.92 Å². The Kier molecular flexibility index (Phi) is 3.70. The lowest BCUT2D eigenvalue weighted by molar-refractivity contribution is 0.267. The summed E-state index contributed by atoms with van der Waals surface area (Å²) < 4.78 is 29.7. The molecule has 0 aromatic heterocycles. The third kappa shape index (κ3) is 3.62. The van der Waals surface area contributed by atoms with Crippen LogP contribution in [0.5, 0.6) is 0 Å². The van der Waals surface area contributed by atoms with Gasteiger partial charge in [0.15, 0.2) is 0 Å². The third-order valence-corrected chi connectivity index (χ3v) is 3.32. The first-order valence-electron chi connectivity index (χ1n) is 4.68. The van der Waals surface area contributed by atoms with Crippen molar-refractivity contribution in [1.29, 1.82) is 0 Å². The Labute approximate surface area is 79.9 Å². The summed E-state index contributed by atoms with van der Waals surface area (Å²) in [4.78, 5) is 0. The third-order valence-electron chi connectivity index (χ3n) is 2.25. The zero-order valence-corrected chi connectivity index (χ0v) is 8.93. The first kappa shape index (κ1) is 10.9. The summed E-state index contributed by atoms with van der Waals surface area (Å²) in [6.45, 7) is 4.32. The van der Waals surface area contributed by atoms with Gasteiger partial charge in [0.05, 0.1) is 6.61 Å². The maximum atomic E-state index is 11.2. The monoisotopic (exact) mass is 207 g/mol. The minimum absolute atomic E-state index is 0.0188. The summed E-state index contributed by atoms with van der Waals surface area (Å²) in [7, 11) is -3.49. The van der Waals surface area contributed by atoms with E-state index in [-0.39, 0.29) is 6.04 Å². The van der Waals surface area contributed by atoms with E-state index < -0.39 is 10.3 Å². The zero-order chi connectivity index (χ0) is 9.90. The highest BCUT2D eigenvalue weighted by Gasteiger charge is 2.22. The Morgan fingerprint density at radius 3 is 2.69 bits per heavy atom. The molecular weight excluding hydrogens is 190 g/mol. The summed E-state index contributed by atoms with van der Waals surface area (Å²) in [6.07, 6.45) is 2.75. The van der Waals surface area contributed by atoms with Crippen molar-refractivity contribution < 1.29 is 12.6 Å². The molecule has 1 aliphatic rings. The van der Waals surface area contributed by atoms with Gasteiger partial charge in [0.1, 0.15) is 0 Å². The summed E-state index contributed by atoms with van der Waals surface area (Å²) in [6, 6.07) is 0.0188. The SMILES string of the molecule is CC(C)C1CCCCOS(=O)(=O)N1. The van der Waals surface area contributed by atoms with E-state index in [9.17, 15) is 8.42 Å². The lowest BCUT2D eigenvalue weighted by Gasteiger charge is -2.23. The molecule has 0 aromatic carbocycles. The molecule has 1 aliphatic heterocycles. The Hall–Kier alpha value is -0.130. The molecule has 1 unspecified atom stereocenters. The van der Waals surface area contributed by atoms with E-state index in [1.54, 1.807) is 0 Å². The molecule has 1 atom stereocenters. The van der Waals surface area contributed by atoms with Crippen molar-refractivity contribution in [3.63, 3.8) is 0 Å². The highest BCUT2D eigenvalue weighted by Crippen LogP contribution is 2.14. The quantitative estimate of drug-likeness (QED) is 0.699. The van der Waals surface area contributed by atoms with Gasteiger partial charge in [-0.3, -0.25) is 4.18 Å². The molecule has 1 rings (SSSR count). The molecule has 0 saturated carbocycles. The van der Waals surface area contributed by atoms with Crippen LogP contribution in [0.2, 0.25) is 0 Å². The van der Waals surface area contributed by atoms with E-state index in [4.69, 9.17) is 4.18 Å². The van der Waals surface area contributed by atoms with Crippen LogP contribution in [0.1, 0.15) is 33.1 Å². The maximum absolute atomic E-state index is 11.2. The van der Waals surface area contributed by atoms with Crippen LogP contribution in [0.25, 0.3) is 0 Å². The lowest BCUT2D eigenvalue weighted by Crippen LogP contribution is -2.40. The fourth-order valence-corrected chi connectivity index (χ4v) is 2.55. The summed E-state index contributed by atoms with van der Waals surface area (Å²) in [5.41, 5.74) is 0. The van der Waals surface area contributed by atoms with Gasteiger partial charge in [-0.1, -0.05) is 13.8 Å². The summed E-state index contributed by atoms with van der Waals surface area (Å²) in [5.74, 6) is 0.316. The highest BCUT2D eigenvalue weighted by molar-refractivity contribution is 7.84. The molecule has 0 spiro atoms. The zero-order valence-electron chi connectivity index (χ0n) is 8.12. The molecule has 4 nitrogen and oxygen atoms in total. The van der Waals surface area contributed by atoms with E-state index in [0.29, 0.717) is 12.5 Å². The van der Waals surface area contributed by atoms with Gasteiger partial charge in [-0.05, 0) is 25.2 Å². The number of rotatable bonds is 1. The number of hydrogen-bond acceptors (Lipinski definition) is 3. The molecular formula is C8H17NO3S. The van der Waals surface area contributed by atoms with Gasteiger partial charge in [-0.2, -0.15) is 13.1 Å². The molecule has 5 heteroatoms. The van der Waals surface area contributed by atoms with Crippen molar-refractivity contribution in [2.75, 3.05) is 6.61 Å². The fourth-order valence-electron chi connectivity index (χ4n) is 1.38. The van der Waals surface area contributed by atoms with Gasteiger partial charge >= 0.3 is 10.3 Å². The largest absolute Gasteiger partial charge is 0.336 e. The minimum Gasteiger partial charge on any atom is -0.258 e. The smallest absolute Gasteiger partial charge is 0.258 e. The van der Waals surface area contributed by atoms with Crippen molar-refractivity contribution >= 4 is 10.3 Å². The van der Waals surface area contributed by atoms with Crippen LogP contribution in [0.15, 0.2) is 0 Å². The Bertz CT molecular complexity index is 248. The van der Waals surface area contributed by atoms with Crippen LogP contribution < -0.4 is 4.72 Å². The van der Waals surface area contributed by atoms with Crippen LogP contribution in [0.4, 0.5) is 0 Å². The van der Waals surface area contributed by atoms with Crippen molar-refractivity contribution in [3.05, 3.63) is 0 Å². The molecule has 0 bridgehead atoms. The van der Waals surface area contributed by atoms with Crippen LogP contribution in [-0.2, 0) is 14.5 Å². The van der Waals surface area contributed by atoms with Crippen LogP contribution in [-0.4, -0.2) is 21.1 Å². The molecule has 0 aromatic rings. The molecule has 1 saturated heterocycles. The van der Waals surface area contributed by atoms with Crippen molar-refractivity contribution in [2.45, 2.75) is 39.2 Å². The predicted octanol–water partition coefficient (Wildman–Crippen LogP) is 1.05. The van der Waals surface area contributed by atoms with E-state index in [1.165, 1.54) is 0 Å². The molecule has 1 N–H and O–H groups in total. The first-order chi connectivity index (χ1) is 6.01. The molecule has 1 heterocycles. The fraction of sp³-hybridized carbons (Fsp3) is 1.00. The van der Waals surface area contributed by atoms with E-state index in [2.05, 4.69) is 4.72 Å². The van der Waals surface area contributed by atoms with Crippen LogP contribution >= 0.6 is 0 Å². The van der Waals surface area contributed by atoms with Crippen LogP contribution in [0, 0.1) is 5.92 Å². The van der Waals surface area contributed by atoms with E-state index in [1.807, 2.05) is 13.8 Å². The Morgan fingerprint density at radius 1 is 1.38 bits per heavy atom. The average molecular weight is 207 g/mol. The minimum atomic E-state index is -3.49. The van der Waals surface area contributed by atoms with Crippen molar-refractivity contribution in [3.8, 4) is 0 Å². The topological polar surface area (TPSA) is 55.4 Å². The molecule has 1 fully saturated rings.